The molecule has 7 nitrogen and oxygen atoms in total. The summed E-state index contributed by atoms with van der Waals surface area (Å²) in [4.78, 5) is 32.2. The smallest absolute Gasteiger partial charge is 0.262 e. The maximum atomic E-state index is 13.1. The number of anilines is 1. The van der Waals surface area contributed by atoms with Gasteiger partial charge in [0.25, 0.3) is 5.56 Å². The molecular formula is C27H24N4O3S. The van der Waals surface area contributed by atoms with Gasteiger partial charge < -0.3 is 10.1 Å². The Morgan fingerprint density at radius 1 is 1.17 bits per heavy atom. The Labute approximate surface area is 206 Å². The van der Waals surface area contributed by atoms with E-state index in [4.69, 9.17) is 10.00 Å². The molecule has 4 aromatic rings. The van der Waals surface area contributed by atoms with Gasteiger partial charge in [-0.1, -0.05) is 18.2 Å². The molecule has 2 aromatic carbocycles. The highest BCUT2D eigenvalue weighted by Crippen LogP contribution is 2.33. The molecule has 1 N–H and O–H groups in total. The molecule has 2 aromatic heterocycles. The molecule has 0 radical (unpaired) electrons. The number of amides is 1. The Balaban J connectivity index is 1.21. The summed E-state index contributed by atoms with van der Waals surface area (Å²) in [7, 11) is 0. The molecule has 0 fully saturated rings. The zero-order valence-electron chi connectivity index (χ0n) is 19.1. The fourth-order valence-electron chi connectivity index (χ4n) is 4.35. The van der Waals surface area contributed by atoms with Crippen molar-refractivity contribution in [1.29, 1.82) is 5.26 Å². The molecular weight excluding hydrogens is 460 g/mol. The number of fused-ring (bicyclic) bond motifs is 3. The Hall–Kier alpha value is -3.96. The highest BCUT2D eigenvalue weighted by Gasteiger charge is 2.20. The molecule has 0 spiro atoms. The molecule has 1 amide bonds. The van der Waals surface area contributed by atoms with Crippen molar-refractivity contribution in [2.75, 3.05) is 5.32 Å². The van der Waals surface area contributed by atoms with Crippen LogP contribution < -0.4 is 15.6 Å². The number of hydrogen-bond acceptors (Lipinski definition) is 6. The van der Waals surface area contributed by atoms with Crippen LogP contribution in [-0.2, 0) is 30.8 Å². The zero-order valence-corrected chi connectivity index (χ0v) is 19.9. The number of carbonyl (C=O) groups excluding carboxylic acids is 1. The first-order chi connectivity index (χ1) is 17.1. The average molecular weight is 485 g/mol. The van der Waals surface area contributed by atoms with Crippen LogP contribution in [0.15, 0.2) is 59.7 Å². The normalized spacial score (nSPS) is 12.7. The molecule has 176 valence electrons. The SMILES string of the molecule is N#Cc1cccc(COc2cccc(NC(=O)CCn3cnc4sc5c(c4c3=O)CCCC5)c2)c1. The predicted octanol–water partition coefficient (Wildman–Crippen LogP) is 4.82. The lowest BCUT2D eigenvalue weighted by atomic mass is 9.97. The summed E-state index contributed by atoms with van der Waals surface area (Å²) >= 11 is 1.62. The van der Waals surface area contributed by atoms with Crippen molar-refractivity contribution in [3.63, 3.8) is 0 Å². The minimum Gasteiger partial charge on any atom is -0.489 e. The second-order valence-corrected chi connectivity index (χ2v) is 9.64. The van der Waals surface area contributed by atoms with Crippen LogP contribution >= 0.6 is 11.3 Å². The number of hydrogen-bond donors (Lipinski definition) is 1. The minimum atomic E-state index is -0.191. The molecule has 1 aliphatic rings. The molecule has 1 aliphatic carbocycles. The van der Waals surface area contributed by atoms with Crippen LogP contribution in [0.2, 0.25) is 0 Å². The molecule has 0 atom stereocenters. The molecule has 0 saturated carbocycles. The summed E-state index contributed by atoms with van der Waals surface area (Å²) < 4.78 is 7.36. The molecule has 2 heterocycles. The lowest BCUT2D eigenvalue weighted by Crippen LogP contribution is -2.24. The number of thiophene rings is 1. The highest BCUT2D eigenvalue weighted by atomic mass is 32.1. The van der Waals surface area contributed by atoms with Crippen molar-refractivity contribution in [3.05, 3.63) is 86.8 Å². The van der Waals surface area contributed by atoms with Gasteiger partial charge >= 0.3 is 0 Å². The van der Waals surface area contributed by atoms with Gasteiger partial charge in [-0.2, -0.15) is 5.26 Å². The Morgan fingerprint density at radius 3 is 2.91 bits per heavy atom. The number of nitriles is 1. The molecule has 0 bridgehead atoms. The van der Waals surface area contributed by atoms with E-state index in [2.05, 4.69) is 16.4 Å². The first kappa shape index (κ1) is 22.8. The highest BCUT2D eigenvalue weighted by molar-refractivity contribution is 7.18. The van der Waals surface area contributed by atoms with E-state index in [-0.39, 0.29) is 24.4 Å². The number of aromatic nitrogens is 2. The third-order valence-corrected chi connectivity index (χ3v) is 7.30. The summed E-state index contributed by atoms with van der Waals surface area (Å²) in [6.45, 7) is 0.585. The Morgan fingerprint density at radius 2 is 2.03 bits per heavy atom. The maximum Gasteiger partial charge on any atom is 0.262 e. The number of nitrogens with zero attached hydrogens (tertiary/aromatic N) is 3. The second-order valence-electron chi connectivity index (χ2n) is 8.56. The summed E-state index contributed by atoms with van der Waals surface area (Å²) in [6, 6.07) is 16.5. The standard InChI is InChI=1S/C27H24N4O3S/c28-15-18-5-3-6-19(13-18)16-34-21-8-4-7-20(14-21)30-24(32)11-12-31-17-29-26-25(27(31)33)22-9-1-2-10-23(22)35-26/h3-8,13-14,17H,1-2,9-12,16H2,(H,30,32). The summed E-state index contributed by atoms with van der Waals surface area (Å²) in [5.41, 5.74) is 3.19. The van der Waals surface area contributed by atoms with Crippen molar-refractivity contribution in [1.82, 2.24) is 9.55 Å². The van der Waals surface area contributed by atoms with Gasteiger partial charge in [-0.05, 0) is 61.1 Å². The topological polar surface area (TPSA) is 97.0 Å². The fourth-order valence-corrected chi connectivity index (χ4v) is 5.57. The van der Waals surface area contributed by atoms with Crippen LogP contribution in [0.25, 0.3) is 10.2 Å². The quantitative estimate of drug-likeness (QED) is 0.406. The zero-order chi connectivity index (χ0) is 24.2. The van der Waals surface area contributed by atoms with Crippen molar-refractivity contribution in [2.45, 2.75) is 45.3 Å². The predicted molar refractivity (Wildman–Crippen MR) is 136 cm³/mol. The van der Waals surface area contributed by atoms with E-state index in [0.717, 1.165) is 47.0 Å². The first-order valence-corrected chi connectivity index (χ1v) is 12.4. The van der Waals surface area contributed by atoms with Gasteiger partial charge in [-0.3, -0.25) is 14.2 Å². The first-order valence-electron chi connectivity index (χ1n) is 11.6. The molecule has 8 heteroatoms. The number of rotatable bonds is 7. The fraction of sp³-hybridized carbons (Fsp3) is 0.259. The number of aryl methyl sites for hydroxylation is 3. The van der Waals surface area contributed by atoms with Gasteiger partial charge in [-0.25, -0.2) is 4.98 Å². The molecule has 5 rings (SSSR count). The van der Waals surface area contributed by atoms with Crippen LogP contribution in [-0.4, -0.2) is 15.5 Å². The number of carbonyl (C=O) groups is 1. The Kier molecular flexibility index (Phi) is 6.59. The van der Waals surface area contributed by atoms with Gasteiger partial charge in [0.2, 0.25) is 5.91 Å². The van der Waals surface area contributed by atoms with Gasteiger partial charge in [0.05, 0.1) is 23.3 Å². The van der Waals surface area contributed by atoms with E-state index in [1.165, 1.54) is 4.88 Å². The molecule has 0 saturated heterocycles. The van der Waals surface area contributed by atoms with Crippen LogP contribution in [0.3, 0.4) is 0 Å². The van der Waals surface area contributed by atoms with Crippen LogP contribution in [0.5, 0.6) is 5.75 Å². The van der Waals surface area contributed by atoms with E-state index in [1.54, 1.807) is 52.6 Å². The van der Waals surface area contributed by atoms with Gasteiger partial charge in [-0.15, -0.1) is 11.3 Å². The van der Waals surface area contributed by atoms with E-state index in [1.807, 2.05) is 18.2 Å². The van der Waals surface area contributed by atoms with Gasteiger partial charge in [0.1, 0.15) is 17.2 Å². The van der Waals surface area contributed by atoms with Crippen LogP contribution in [0, 0.1) is 11.3 Å². The maximum absolute atomic E-state index is 13.1. The summed E-state index contributed by atoms with van der Waals surface area (Å²) in [5.74, 6) is 0.418. The Bertz CT molecular complexity index is 1500. The van der Waals surface area contributed by atoms with E-state index in [9.17, 15) is 9.59 Å². The average Bonchev–Trinajstić information content (AvgIpc) is 3.27. The van der Waals surface area contributed by atoms with E-state index < -0.39 is 0 Å². The monoisotopic (exact) mass is 484 g/mol. The number of benzene rings is 2. The van der Waals surface area contributed by atoms with Crippen molar-refractivity contribution in [2.24, 2.45) is 0 Å². The largest absolute Gasteiger partial charge is 0.489 e. The summed E-state index contributed by atoms with van der Waals surface area (Å²) in [6.07, 6.45) is 5.92. The third kappa shape index (κ3) is 5.10. The van der Waals surface area contributed by atoms with E-state index >= 15 is 0 Å². The van der Waals surface area contributed by atoms with E-state index in [0.29, 0.717) is 23.6 Å². The van der Waals surface area contributed by atoms with Gasteiger partial charge in [0, 0.05) is 29.6 Å². The van der Waals surface area contributed by atoms with Gasteiger partial charge in [0.15, 0.2) is 0 Å². The second kappa shape index (κ2) is 10.1. The van der Waals surface area contributed by atoms with Crippen molar-refractivity contribution < 1.29 is 9.53 Å². The molecule has 35 heavy (non-hydrogen) atoms. The number of ether oxygens (including phenoxy) is 1. The van der Waals surface area contributed by atoms with Crippen molar-refractivity contribution in [3.8, 4) is 11.8 Å². The summed E-state index contributed by atoms with van der Waals surface area (Å²) in [5, 5.41) is 12.6. The van der Waals surface area contributed by atoms with Crippen molar-refractivity contribution >= 4 is 33.1 Å². The number of nitrogens with one attached hydrogen (secondary N) is 1. The van der Waals surface area contributed by atoms with Crippen LogP contribution in [0.1, 0.15) is 40.8 Å². The molecule has 0 aliphatic heterocycles. The molecule has 0 unspecified atom stereocenters. The minimum absolute atomic E-state index is 0.0573. The third-order valence-electron chi connectivity index (χ3n) is 6.10. The van der Waals surface area contributed by atoms with Crippen LogP contribution in [0.4, 0.5) is 5.69 Å². The lowest BCUT2D eigenvalue weighted by Gasteiger charge is -2.11. The lowest BCUT2D eigenvalue weighted by molar-refractivity contribution is -0.116.